The maximum absolute atomic E-state index is 13.9. The molecule has 0 N–H and O–H groups in total. The van der Waals surface area contributed by atoms with Crippen molar-refractivity contribution in [3.63, 3.8) is 0 Å². The van der Waals surface area contributed by atoms with Gasteiger partial charge in [-0.05, 0) is 42.3 Å². The second kappa shape index (κ2) is 8.83. The summed E-state index contributed by atoms with van der Waals surface area (Å²) in [7, 11) is 0. The molecule has 0 spiro atoms. The summed E-state index contributed by atoms with van der Waals surface area (Å²) >= 11 is 3.53. The minimum absolute atomic E-state index is 0.198. The van der Waals surface area contributed by atoms with Crippen molar-refractivity contribution >= 4 is 44.8 Å². The van der Waals surface area contributed by atoms with Gasteiger partial charge in [-0.3, -0.25) is 14.5 Å². The predicted molar refractivity (Wildman–Crippen MR) is 130 cm³/mol. The third-order valence-corrected chi connectivity index (χ3v) is 6.35. The van der Waals surface area contributed by atoms with Crippen molar-refractivity contribution in [2.45, 2.75) is 19.5 Å². The van der Waals surface area contributed by atoms with Gasteiger partial charge in [-0.15, -0.1) is 0 Å². The number of carbonyl (C=O) groups excluding carboxylic acids is 2. The molecule has 0 aliphatic carbocycles. The molecule has 1 amide bonds. The fourth-order valence-electron chi connectivity index (χ4n) is 4.46. The van der Waals surface area contributed by atoms with Crippen molar-refractivity contribution in [2.75, 3.05) is 11.5 Å². The molecule has 1 aromatic heterocycles. The van der Waals surface area contributed by atoms with Gasteiger partial charge in [-0.25, -0.2) is 4.98 Å². The van der Waals surface area contributed by atoms with Crippen molar-refractivity contribution in [3.05, 3.63) is 94.5 Å². The first-order chi connectivity index (χ1) is 16.1. The summed E-state index contributed by atoms with van der Waals surface area (Å²) in [4.78, 5) is 33.6. The van der Waals surface area contributed by atoms with E-state index in [0.29, 0.717) is 12.5 Å². The number of hydrogen-bond donors (Lipinski definition) is 0. The van der Waals surface area contributed by atoms with Crippen molar-refractivity contribution in [1.29, 1.82) is 0 Å². The number of esters is 1. The summed E-state index contributed by atoms with van der Waals surface area (Å²) in [5.41, 5.74) is 3.41. The van der Waals surface area contributed by atoms with E-state index >= 15 is 0 Å². The SMILES string of the molecule is CCOC(=O)[C@@H]1C(=O)N(Cc2ccccc2)c2nc3ccccc3n2[C@@H]1c1cccc(Br)c1. The number of rotatable bonds is 5. The summed E-state index contributed by atoms with van der Waals surface area (Å²) in [5.74, 6) is -1.36. The summed E-state index contributed by atoms with van der Waals surface area (Å²) in [6.45, 7) is 2.26. The van der Waals surface area contributed by atoms with E-state index in [1.807, 2.05) is 83.4 Å². The van der Waals surface area contributed by atoms with Crippen molar-refractivity contribution < 1.29 is 14.3 Å². The smallest absolute Gasteiger partial charge is 0.321 e. The van der Waals surface area contributed by atoms with E-state index < -0.39 is 17.9 Å². The van der Waals surface area contributed by atoms with Crippen LogP contribution in [0.2, 0.25) is 0 Å². The van der Waals surface area contributed by atoms with Crippen LogP contribution in [0.25, 0.3) is 11.0 Å². The van der Waals surface area contributed by atoms with E-state index in [1.54, 1.807) is 11.8 Å². The quantitative estimate of drug-likeness (QED) is 0.280. The first kappa shape index (κ1) is 21.4. The van der Waals surface area contributed by atoms with E-state index in [2.05, 4.69) is 15.9 Å². The zero-order valence-electron chi connectivity index (χ0n) is 18.0. The zero-order valence-corrected chi connectivity index (χ0v) is 19.6. The number of amides is 1. The van der Waals surface area contributed by atoms with E-state index in [1.165, 1.54) is 0 Å². The lowest BCUT2D eigenvalue weighted by Crippen LogP contribution is -2.49. The Morgan fingerprint density at radius 3 is 2.55 bits per heavy atom. The van der Waals surface area contributed by atoms with Crippen LogP contribution in [0.15, 0.2) is 83.3 Å². The van der Waals surface area contributed by atoms with Crippen LogP contribution in [-0.2, 0) is 20.9 Å². The number of benzene rings is 3. The van der Waals surface area contributed by atoms with Crippen LogP contribution in [0.4, 0.5) is 5.95 Å². The number of aromatic nitrogens is 2. The van der Waals surface area contributed by atoms with Crippen LogP contribution in [0.1, 0.15) is 24.1 Å². The molecule has 2 heterocycles. The molecular weight excluding hydrogens is 482 g/mol. The molecule has 0 radical (unpaired) electrons. The molecule has 0 fully saturated rings. The summed E-state index contributed by atoms with van der Waals surface area (Å²) in [6, 6.07) is 24.6. The van der Waals surface area contributed by atoms with E-state index in [0.717, 1.165) is 26.6 Å². The lowest BCUT2D eigenvalue weighted by atomic mass is 9.89. The monoisotopic (exact) mass is 503 g/mol. The molecule has 0 saturated carbocycles. The normalized spacial score (nSPS) is 17.8. The molecule has 1 aliphatic rings. The molecule has 1 aliphatic heterocycles. The van der Waals surface area contributed by atoms with E-state index in [-0.39, 0.29) is 12.5 Å². The zero-order chi connectivity index (χ0) is 22.9. The van der Waals surface area contributed by atoms with Gasteiger partial charge in [0.25, 0.3) is 0 Å². The Balaban J connectivity index is 1.76. The van der Waals surface area contributed by atoms with Crippen LogP contribution in [0.5, 0.6) is 0 Å². The van der Waals surface area contributed by atoms with Gasteiger partial charge in [0, 0.05) is 4.47 Å². The Bertz CT molecular complexity index is 1340. The molecule has 0 saturated heterocycles. The molecular formula is C26H22BrN3O3. The van der Waals surface area contributed by atoms with Crippen LogP contribution in [0, 0.1) is 5.92 Å². The average molecular weight is 504 g/mol. The van der Waals surface area contributed by atoms with Crippen LogP contribution in [0.3, 0.4) is 0 Å². The summed E-state index contributed by atoms with van der Waals surface area (Å²) in [6.07, 6.45) is 0. The average Bonchev–Trinajstić information content (AvgIpc) is 3.20. The minimum atomic E-state index is -1.03. The molecule has 0 bridgehead atoms. The number of imidazole rings is 1. The Kier molecular flexibility index (Phi) is 5.72. The van der Waals surface area contributed by atoms with E-state index in [4.69, 9.17) is 9.72 Å². The van der Waals surface area contributed by atoms with Crippen LogP contribution >= 0.6 is 15.9 Å². The van der Waals surface area contributed by atoms with Crippen LogP contribution < -0.4 is 4.90 Å². The number of carbonyl (C=O) groups is 2. The third-order valence-electron chi connectivity index (χ3n) is 5.86. The molecule has 3 aromatic carbocycles. The molecule has 5 rings (SSSR count). The fourth-order valence-corrected chi connectivity index (χ4v) is 4.87. The van der Waals surface area contributed by atoms with Gasteiger partial charge in [-0.2, -0.15) is 0 Å². The first-order valence-corrected chi connectivity index (χ1v) is 11.6. The third kappa shape index (κ3) is 3.82. The van der Waals surface area contributed by atoms with Gasteiger partial charge < -0.3 is 9.30 Å². The highest BCUT2D eigenvalue weighted by atomic mass is 79.9. The second-order valence-electron chi connectivity index (χ2n) is 7.91. The molecule has 2 atom stereocenters. The second-order valence-corrected chi connectivity index (χ2v) is 8.83. The van der Waals surface area contributed by atoms with Gasteiger partial charge in [-0.1, -0.05) is 70.5 Å². The summed E-state index contributed by atoms with van der Waals surface area (Å²) in [5, 5.41) is 0. The first-order valence-electron chi connectivity index (χ1n) is 10.8. The number of hydrogen-bond acceptors (Lipinski definition) is 4. The molecule has 4 aromatic rings. The predicted octanol–water partition coefficient (Wildman–Crippen LogP) is 5.11. The van der Waals surface area contributed by atoms with Gasteiger partial charge in [0.1, 0.15) is 0 Å². The van der Waals surface area contributed by atoms with Gasteiger partial charge >= 0.3 is 5.97 Å². The van der Waals surface area contributed by atoms with E-state index in [9.17, 15) is 9.59 Å². The molecule has 6 nitrogen and oxygen atoms in total. The highest BCUT2D eigenvalue weighted by Gasteiger charge is 2.47. The number of para-hydroxylation sites is 2. The minimum Gasteiger partial charge on any atom is -0.465 e. The molecule has 7 heteroatoms. The Labute approximate surface area is 199 Å². The Hall–Kier alpha value is -3.45. The molecule has 166 valence electrons. The Morgan fingerprint density at radius 1 is 1.03 bits per heavy atom. The molecule has 0 unspecified atom stereocenters. The number of anilines is 1. The van der Waals surface area contributed by atoms with Crippen molar-refractivity contribution in [2.24, 2.45) is 5.92 Å². The van der Waals surface area contributed by atoms with Crippen molar-refractivity contribution in [3.8, 4) is 0 Å². The number of fused-ring (bicyclic) bond motifs is 3. The Morgan fingerprint density at radius 2 is 1.79 bits per heavy atom. The largest absolute Gasteiger partial charge is 0.465 e. The lowest BCUT2D eigenvalue weighted by Gasteiger charge is -2.38. The highest BCUT2D eigenvalue weighted by molar-refractivity contribution is 9.10. The maximum Gasteiger partial charge on any atom is 0.321 e. The summed E-state index contributed by atoms with van der Waals surface area (Å²) < 4.78 is 8.28. The number of nitrogens with zero attached hydrogens (tertiary/aromatic N) is 3. The van der Waals surface area contributed by atoms with Crippen LogP contribution in [-0.4, -0.2) is 28.0 Å². The topological polar surface area (TPSA) is 64.4 Å². The lowest BCUT2D eigenvalue weighted by molar-refractivity contribution is -0.153. The molecule has 33 heavy (non-hydrogen) atoms. The maximum atomic E-state index is 13.9. The van der Waals surface area contributed by atoms with Gasteiger partial charge in [0.15, 0.2) is 5.92 Å². The van der Waals surface area contributed by atoms with Gasteiger partial charge in [0.05, 0.1) is 30.2 Å². The standard InChI is InChI=1S/C26H22BrN3O3/c1-2-33-25(32)22-23(18-11-8-12-19(27)15-18)30-21-14-7-6-13-20(21)28-26(30)29(24(22)31)16-17-9-4-3-5-10-17/h3-15,22-23H,2,16H2,1H3/t22-,23+/m0/s1. The highest BCUT2D eigenvalue weighted by Crippen LogP contribution is 2.42. The number of halogens is 1. The van der Waals surface area contributed by atoms with Gasteiger partial charge in [0.2, 0.25) is 11.9 Å². The fraction of sp³-hybridized carbons (Fsp3) is 0.192. The van der Waals surface area contributed by atoms with Crippen molar-refractivity contribution in [1.82, 2.24) is 9.55 Å². The number of ether oxygens (including phenoxy) is 1.